The molecule has 0 heterocycles. The third-order valence-corrected chi connectivity index (χ3v) is 7.54. The van der Waals surface area contributed by atoms with E-state index in [2.05, 4.69) is 62.3 Å². The Morgan fingerprint density at radius 1 is 0.895 bits per heavy atom. The Balaban J connectivity index is 1.80. The van der Waals surface area contributed by atoms with E-state index in [-0.39, 0.29) is 17.4 Å². The number of hydrogen-bond donors (Lipinski definition) is 3. The predicted octanol–water partition coefficient (Wildman–Crippen LogP) is 7.21. The zero-order valence-electron chi connectivity index (χ0n) is 23.3. The van der Waals surface area contributed by atoms with Crippen molar-refractivity contribution in [1.29, 1.82) is 11.1 Å². The van der Waals surface area contributed by atoms with Crippen LogP contribution in [-0.4, -0.2) is 29.0 Å². The van der Waals surface area contributed by atoms with E-state index in [1.807, 2.05) is 29.2 Å². The second kappa shape index (κ2) is 12.9. The number of amides is 2. The molecule has 2 aromatic rings. The number of carbonyl (C=O) groups is 2. The molecule has 0 radical (unpaired) electrons. The third-order valence-electron chi connectivity index (χ3n) is 7.54. The summed E-state index contributed by atoms with van der Waals surface area (Å²) in [6.07, 6.45) is 3.94. The highest BCUT2D eigenvalue weighted by atomic mass is 16.2. The predicted molar refractivity (Wildman–Crippen MR) is 148 cm³/mol. The van der Waals surface area contributed by atoms with Crippen molar-refractivity contribution in [3.05, 3.63) is 70.8 Å². The van der Waals surface area contributed by atoms with E-state index in [0.717, 1.165) is 37.7 Å². The van der Waals surface area contributed by atoms with Crippen molar-refractivity contribution >= 4 is 11.8 Å². The largest absolute Gasteiger partial charge is 0.331 e. The van der Waals surface area contributed by atoms with Gasteiger partial charge in [-0.2, -0.15) is 0 Å². The maximum atomic E-state index is 13.8. The highest BCUT2D eigenvalue weighted by molar-refractivity contribution is 5.95. The molecule has 1 saturated carbocycles. The van der Waals surface area contributed by atoms with Crippen LogP contribution < -0.4 is 5.32 Å². The van der Waals surface area contributed by atoms with Crippen LogP contribution in [0.3, 0.4) is 0 Å². The van der Waals surface area contributed by atoms with E-state index in [1.165, 1.54) is 5.56 Å². The first-order valence-electron chi connectivity index (χ1n) is 13.5. The highest BCUT2D eigenvalue weighted by Crippen LogP contribution is 2.39. The van der Waals surface area contributed by atoms with Crippen molar-refractivity contribution in [2.24, 2.45) is 27.5 Å². The molecule has 0 unspecified atom stereocenters. The van der Waals surface area contributed by atoms with Crippen molar-refractivity contribution < 1.29 is 9.59 Å². The Labute approximate surface area is 226 Å². The van der Waals surface area contributed by atoms with Crippen LogP contribution in [0.2, 0.25) is 0 Å². The maximum absolute atomic E-state index is 13.8. The number of nitrogens with zero attached hydrogens (tertiary/aromatic N) is 3. The maximum Gasteiger partial charge on any atom is 0.254 e. The van der Waals surface area contributed by atoms with Gasteiger partial charge in [-0.3, -0.25) is 9.59 Å². The van der Waals surface area contributed by atoms with Gasteiger partial charge in [-0.15, -0.1) is 10.2 Å². The van der Waals surface area contributed by atoms with Crippen LogP contribution in [0, 0.1) is 28.3 Å². The summed E-state index contributed by atoms with van der Waals surface area (Å²) >= 11 is 0. The van der Waals surface area contributed by atoms with E-state index in [0.29, 0.717) is 29.5 Å². The van der Waals surface area contributed by atoms with Gasteiger partial charge in [-0.05, 0) is 84.7 Å². The molecule has 8 heteroatoms. The first-order chi connectivity index (χ1) is 18.0. The molecule has 0 spiro atoms. The molecular formula is C30H42N6O2. The van der Waals surface area contributed by atoms with Gasteiger partial charge in [0.15, 0.2) is 0 Å². The molecule has 0 bridgehead atoms. The minimum atomic E-state index is -1.22. The zero-order chi connectivity index (χ0) is 27.9. The van der Waals surface area contributed by atoms with Crippen LogP contribution in [0.15, 0.2) is 58.8 Å². The lowest BCUT2D eigenvalue weighted by atomic mass is 9.71. The summed E-state index contributed by atoms with van der Waals surface area (Å²) in [6.45, 7) is 11.8. The summed E-state index contributed by atoms with van der Waals surface area (Å²) in [7, 11) is 0. The summed E-state index contributed by atoms with van der Waals surface area (Å²) < 4.78 is 0. The van der Waals surface area contributed by atoms with Gasteiger partial charge in [-0.1, -0.05) is 58.9 Å². The smallest absolute Gasteiger partial charge is 0.254 e. The van der Waals surface area contributed by atoms with Crippen molar-refractivity contribution in [2.45, 2.75) is 85.6 Å². The molecule has 2 aromatic carbocycles. The van der Waals surface area contributed by atoms with E-state index in [9.17, 15) is 9.59 Å². The topological polar surface area (TPSA) is 122 Å². The molecule has 2 amide bonds. The number of hydrogen-bond acceptors (Lipinski definition) is 6. The Hall–Kier alpha value is -3.42. The van der Waals surface area contributed by atoms with Crippen molar-refractivity contribution in [2.75, 3.05) is 0 Å². The van der Waals surface area contributed by atoms with Gasteiger partial charge in [0.25, 0.3) is 18.1 Å². The lowest BCUT2D eigenvalue weighted by Gasteiger charge is -2.41. The minimum absolute atomic E-state index is 0.0408. The summed E-state index contributed by atoms with van der Waals surface area (Å²) in [6, 6.07) is 15.3. The standard InChI is InChI=1S/C30H42N6O2/c1-20(2)18-21-6-12-24(13-7-21)28(38)36(26-16-14-25(15-17-26)30(3,4)5)19-22-8-10-23(11-9-22)27(37)33-29(34-31)35-32/h6-13,20,25-26,29,31-32H,14-19H2,1-5H3,(H,33,37). The van der Waals surface area contributed by atoms with E-state index < -0.39 is 12.2 Å². The van der Waals surface area contributed by atoms with E-state index in [4.69, 9.17) is 11.1 Å². The Bertz CT molecular complexity index is 1090. The quantitative estimate of drug-likeness (QED) is 0.288. The van der Waals surface area contributed by atoms with Crippen LogP contribution in [-0.2, 0) is 13.0 Å². The fraction of sp³-hybridized carbons (Fsp3) is 0.533. The lowest BCUT2D eigenvalue weighted by molar-refractivity contribution is 0.0530. The van der Waals surface area contributed by atoms with Gasteiger partial charge >= 0.3 is 0 Å². The second-order valence-corrected chi connectivity index (χ2v) is 11.9. The van der Waals surface area contributed by atoms with Gasteiger partial charge in [0.1, 0.15) is 0 Å². The van der Waals surface area contributed by atoms with Gasteiger partial charge in [0.2, 0.25) is 0 Å². The number of benzene rings is 2. The van der Waals surface area contributed by atoms with Crippen molar-refractivity contribution in [1.82, 2.24) is 10.2 Å². The molecule has 0 saturated heterocycles. The van der Waals surface area contributed by atoms with Crippen LogP contribution in [0.25, 0.3) is 0 Å². The summed E-state index contributed by atoms with van der Waals surface area (Å²) in [4.78, 5) is 28.2. The average molecular weight is 519 g/mol. The molecule has 38 heavy (non-hydrogen) atoms. The second-order valence-electron chi connectivity index (χ2n) is 11.9. The molecule has 0 aliphatic heterocycles. The van der Waals surface area contributed by atoms with Gasteiger partial charge in [0, 0.05) is 23.7 Å². The SMILES string of the molecule is CC(C)Cc1ccc(C(=O)N(Cc2ccc(C(=O)NC(N=N)N=N)cc2)C2CCC(C(C)(C)C)CC2)cc1. The summed E-state index contributed by atoms with van der Waals surface area (Å²) in [5, 5.41) is 8.58. The lowest BCUT2D eigenvalue weighted by Crippen LogP contribution is -2.43. The van der Waals surface area contributed by atoms with Crippen LogP contribution >= 0.6 is 0 Å². The monoisotopic (exact) mass is 518 g/mol. The molecule has 1 fully saturated rings. The van der Waals surface area contributed by atoms with Crippen LogP contribution in [0.1, 0.15) is 92.1 Å². The zero-order valence-corrected chi connectivity index (χ0v) is 23.3. The molecule has 8 nitrogen and oxygen atoms in total. The minimum Gasteiger partial charge on any atom is -0.331 e. The first-order valence-corrected chi connectivity index (χ1v) is 13.5. The molecule has 0 aromatic heterocycles. The first kappa shape index (κ1) is 29.1. The van der Waals surface area contributed by atoms with Gasteiger partial charge < -0.3 is 10.2 Å². The summed E-state index contributed by atoms with van der Waals surface area (Å²) in [5.41, 5.74) is 17.5. The highest BCUT2D eigenvalue weighted by Gasteiger charge is 2.34. The fourth-order valence-electron chi connectivity index (χ4n) is 5.29. The summed E-state index contributed by atoms with van der Waals surface area (Å²) in [5.74, 6) is 0.797. The van der Waals surface area contributed by atoms with E-state index >= 15 is 0 Å². The van der Waals surface area contributed by atoms with Gasteiger partial charge in [0.05, 0.1) is 0 Å². The Morgan fingerprint density at radius 2 is 1.42 bits per heavy atom. The third kappa shape index (κ3) is 7.79. The molecule has 3 N–H and O–H groups in total. The van der Waals surface area contributed by atoms with Crippen LogP contribution in [0.5, 0.6) is 0 Å². The average Bonchev–Trinajstić information content (AvgIpc) is 2.90. The normalized spacial score (nSPS) is 18.5. The molecule has 1 aliphatic carbocycles. The Morgan fingerprint density at radius 3 is 1.92 bits per heavy atom. The number of nitrogens with one attached hydrogen (secondary N) is 3. The van der Waals surface area contributed by atoms with E-state index in [1.54, 1.807) is 12.1 Å². The van der Waals surface area contributed by atoms with Gasteiger partial charge in [-0.25, -0.2) is 11.1 Å². The molecular weight excluding hydrogens is 476 g/mol. The molecule has 3 rings (SSSR count). The molecule has 204 valence electrons. The molecule has 1 aliphatic rings. The Kier molecular flexibility index (Phi) is 9.89. The number of carbonyl (C=O) groups excluding carboxylic acids is 2. The number of rotatable bonds is 10. The van der Waals surface area contributed by atoms with Crippen molar-refractivity contribution in [3.8, 4) is 0 Å². The van der Waals surface area contributed by atoms with Crippen molar-refractivity contribution in [3.63, 3.8) is 0 Å². The van der Waals surface area contributed by atoms with Crippen LogP contribution in [0.4, 0.5) is 0 Å². The molecule has 0 atom stereocenters. The fourth-order valence-corrected chi connectivity index (χ4v) is 5.29.